The van der Waals surface area contributed by atoms with Crippen LogP contribution in [0.25, 0.3) is 16.8 Å². The van der Waals surface area contributed by atoms with Crippen molar-refractivity contribution >= 4 is 34.8 Å². The van der Waals surface area contributed by atoms with Gasteiger partial charge in [0.2, 0.25) is 5.91 Å². The minimum Gasteiger partial charge on any atom is -0.496 e. The third-order valence-electron chi connectivity index (χ3n) is 9.44. The molecule has 2 aromatic carbocycles. The number of nitrogens with one attached hydrogen (secondary N) is 1. The maximum atomic E-state index is 14.4. The van der Waals surface area contributed by atoms with Crippen LogP contribution < -0.4 is 10.1 Å². The van der Waals surface area contributed by atoms with Crippen molar-refractivity contribution in [2.45, 2.75) is 63.6 Å². The molecule has 0 aromatic heterocycles. The van der Waals surface area contributed by atoms with Crippen molar-refractivity contribution in [3.63, 3.8) is 0 Å². The molecule has 0 spiro atoms. The Bertz CT molecular complexity index is 1420. The number of benzene rings is 2. The number of alkyl carbamates (subject to hydrolysis) is 1. The van der Waals surface area contributed by atoms with Crippen molar-refractivity contribution < 1.29 is 38.1 Å². The lowest BCUT2D eigenvalue weighted by molar-refractivity contribution is -0.152. The fourth-order valence-corrected chi connectivity index (χ4v) is 6.61. The lowest BCUT2D eigenvalue weighted by atomic mass is 9.85. The summed E-state index contributed by atoms with van der Waals surface area (Å²) >= 11 is 0. The molecule has 0 unspecified atom stereocenters. The molecule has 3 heterocycles. The van der Waals surface area contributed by atoms with E-state index in [1.54, 1.807) is 14.2 Å². The predicted octanol–water partition coefficient (Wildman–Crippen LogP) is 4.82. The molecule has 3 atom stereocenters. The lowest BCUT2D eigenvalue weighted by Gasteiger charge is -2.34. The molecule has 5 rings (SSSR count). The number of nitrogens with zero attached hydrogens (tertiary/aromatic N) is 1. The Balaban J connectivity index is 1.61. The van der Waals surface area contributed by atoms with Crippen LogP contribution in [0.3, 0.4) is 0 Å². The number of esters is 1. The van der Waals surface area contributed by atoms with Gasteiger partial charge in [-0.1, -0.05) is 38.1 Å². The van der Waals surface area contributed by atoms with Crippen molar-refractivity contribution in [2.75, 3.05) is 47.7 Å². The van der Waals surface area contributed by atoms with Crippen LogP contribution in [-0.2, 0) is 34.1 Å². The second-order valence-electron chi connectivity index (χ2n) is 12.8. The average Bonchev–Trinajstić information content (AvgIpc) is 3.43. The number of hydrogen-bond acceptors (Lipinski definition) is 8. The number of ether oxygens (including phenoxy) is 5. The summed E-state index contributed by atoms with van der Waals surface area (Å²) in [5, 5.41) is 4.84. The number of methoxy groups -OCH3 is 3. The van der Waals surface area contributed by atoms with Crippen LogP contribution >= 0.6 is 0 Å². The Morgan fingerprint density at radius 3 is 2.50 bits per heavy atom. The van der Waals surface area contributed by atoms with Crippen molar-refractivity contribution in [3.05, 3.63) is 47.5 Å². The highest BCUT2D eigenvalue weighted by molar-refractivity contribution is 5.91. The number of fused-ring (bicyclic) bond motifs is 5. The number of carbonyl (C=O) groups excluding carboxylic acids is 3. The lowest BCUT2D eigenvalue weighted by Crippen LogP contribution is -2.56. The third-order valence-corrected chi connectivity index (χ3v) is 9.44. The summed E-state index contributed by atoms with van der Waals surface area (Å²) < 4.78 is 28.2. The van der Waals surface area contributed by atoms with E-state index in [-0.39, 0.29) is 36.8 Å². The summed E-state index contributed by atoms with van der Waals surface area (Å²) in [6, 6.07) is 8.34. The van der Waals surface area contributed by atoms with Crippen LogP contribution in [0, 0.1) is 11.3 Å². The number of carbonyl (C=O) groups is 3. The second-order valence-corrected chi connectivity index (χ2v) is 12.8. The van der Waals surface area contributed by atoms with Gasteiger partial charge >= 0.3 is 12.1 Å². The standard InChI is InChI=1S/C34H44N2O8/c1-33(2)12-6-7-24-17-25-18-26(9-8-23(25)19-28(24)40-3)34(42-5)20-27(31(38)41-4)36(21-34)30(37)29(22-10-14-43-15-11-22)35-32(39)44-16-13-33/h6-9,17-19,22,27,29H,10-16,20-21H2,1-5H3,(H,35,39)/b7-6+/t27-,29-,34-/m0/s1. The van der Waals surface area contributed by atoms with E-state index in [1.807, 2.05) is 18.2 Å². The van der Waals surface area contributed by atoms with E-state index in [0.29, 0.717) is 32.5 Å². The van der Waals surface area contributed by atoms with Gasteiger partial charge in [-0.25, -0.2) is 9.59 Å². The van der Waals surface area contributed by atoms with Crippen molar-refractivity contribution in [3.8, 4) is 5.75 Å². The first-order valence-corrected chi connectivity index (χ1v) is 15.3. The summed E-state index contributed by atoms with van der Waals surface area (Å²) in [6.45, 7) is 5.53. The molecule has 0 aliphatic carbocycles. The summed E-state index contributed by atoms with van der Waals surface area (Å²) in [6.07, 6.45) is 6.31. The van der Waals surface area contributed by atoms with Crippen LogP contribution in [-0.4, -0.2) is 82.6 Å². The molecule has 2 fully saturated rings. The van der Waals surface area contributed by atoms with E-state index >= 15 is 0 Å². The molecule has 238 valence electrons. The first kappa shape index (κ1) is 31.8. The Hall–Kier alpha value is -3.63. The first-order valence-electron chi connectivity index (χ1n) is 15.3. The molecule has 1 N–H and O–H groups in total. The molecule has 10 heteroatoms. The zero-order valence-electron chi connectivity index (χ0n) is 26.4. The molecule has 44 heavy (non-hydrogen) atoms. The van der Waals surface area contributed by atoms with Gasteiger partial charge < -0.3 is 33.9 Å². The fourth-order valence-electron chi connectivity index (χ4n) is 6.61. The molecule has 3 aliphatic rings. The number of cyclic esters (lactones) is 1. The Morgan fingerprint density at radius 1 is 1.02 bits per heavy atom. The van der Waals surface area contributed by atoms with Crippen LogP contribution in [0.1, 0.15) is 57.1 Å². The van der Waals surface area contributed by atoms with Gasteiger partial charge in [-0.05, 0) is 71.6 Å². The van der Waals surface area contributed by atoms with Gasteiger partial charge in [0.15, 0.2) is 0 Å². The summed E-state index contributed by atoms with van der Waals surface area (Å²) in [4.78, 5) is 42.2. The third kappa shape index (κ3) is 6.56. The molecule has 2 aromatic rings. The monoisotopic (exact) mass is 608 g/mol. The number of allylic oxidation sites excluding steroid dienone is 1. The highest BCUT2D eigenvalue weighted by Crippen LogP contribution is 2.42. The zero-order chi connectivity index (χ0) is 31.5. The van der Waals surface area contributed by atoms with E-state index < -0.39 is 29.7 Å². The number of amides is 2. The predicted molar refractivity (Wildman–Crippen MR) is 165 cm³/mol. The van der Waals surface area contributed by atoms with Crippen molar-refractivity contribution in [1.29, 1.82) is 0 Å². The molecule has 10 nitrogen and oxygen atoms in total. The molecular weight excluding hydrogens is 564 g/mol. The van der Waals surface area contributed by atoms with Gasteiger partial charge in [0, 0.05) is 32.3 Å². The topological polar surface area (TPSA) is 113 Å². The van der Waals surface area contributed by atoms with Gasteiger partial charge in [-0.15, -0.1) is 0 Å². The van der Waals surface area contributed by atoms with E-state index in [2.05, 4.69) is 43.4 Å². The first-order chi connectivity index (χ1) is 21.1. The largest absolute Gasteiger partial charge is 0.496 e. The van der Waals surface area contributed by atoms with E-state index in [9.17, 15) is 14.4 Å². The maximum absolute atomic E-state index is 14.4. The van der Waals surface area contributed by atoms with Gasteiger partial charge in [0.05, 0.1) is 27.4 Å². The Labute approximate surface area is 259 Å². The summed E-state index contributed by atoms with van der Waals surface area (Å²) in [5.41, 5.74) is 0.650. The summed E-state index contributed by atoms with van der Waals surface area (Å²) in [5.74, 6) is -0.315. The highest BCUT2D eigenvalue weighted by atomic mass is 16.5. The SMILES string of the molecule is COC(=O)[C@@H]1C[C@]2(OC)CN1C(=O)[C@H](C1CCOCC1)NC(=O)OCCC(C)(C)C/C=C/c1cc3cc2ccc3cc1OC. The molecule has 3 aliphatic heterocycles. The van der Waals surface area contributed by atoms with Crippen LogP contribution in [0.4, 0.5) is 4.79 Å². The molecule has 0 radical (unpaired) electrons. The van der Waals surface area contributed by atoms with E-state index in [0.717, 1.165) is 34.1 Å². The van der Waals surface area contributed by atoms with Crippen LogP contribution in [0.2, 0.25) is 0 Å². The minimum atomic E-state index is -0.980. The quantitative estimate of drug-likeness (QED) is 0.492. The maximum Gasteiger partial charge on any atom is 0.407 e. The van der Waals surface area contributed by atoms with Crippen molar-refractivity contribution in [1.82, 2.24) is 10.2 Å². The number of hydrogen-bond donors (Lipinski definition) is 1. The molecule has 2 amide bonds. The molecule has 0 saturated carbocycles. The van der Waals surface area contributed by atoms with Gasteiger partial charge in [-0.2, -0.15) is 0 Å². The Morgan fingerprint density at radius 2 is 1.80 bits per heavy atom. The fraction of sp³-hybridized carbons (Fsp3) is 0.559. The van der Waals surface area contributed by atoms with Gasteiger partial charge in [0.25, 0.3) is 0 Å². The molecule has 2 saturated heterocycles. The van der Waals surface area contributed by atoms with Crippen LogP contribution in [0.5, 0.6) is 5.75 Å². The van der Waals surface area contributed by atoms with Crippen molar-refractivity contribution in [2.24, 2.45) is 11.3 Å². The minimum absolute atomic E-state index is 0.112. The summed E-state index contributed by atoms with van der Waals surface area (Å²) in [7, 11) is 4.57. The van der Waals surface area contributed by atoms with Gasteiger partial charge in [-0.3, -0.25) is 4.79 Å². The van der Waals surface area contributed by atoms with E-state index in [4.69, 9.17) is 23.7 Å². The normalized spacial score (nSPS) is 27.2. The smallest absolute Gasteiger partial charge is 0.407 e. The second kappa shape index (κ2) is 13.2. The van der Waals surface area contributed by atoms with E-state index in [1.165, 1.54) is 12.0 Å². The highest BCUT2D eigenvalue weighted by Gasteiger charge is 2.52. The molecular formula is C34H44N2O8. The van der Waals surface area contributed by atoms with Crippen LogP contribution in [0.15, 0.2) is 36.4 Å². The van der Waals surface area contributed by atoms with Gasteiger partial charge in [0.1, 0.15) is 23.4 Å². The number of rotatable bonds is 4. The Kier molecular flexibility index (Phi) is 9.51. The average molecular weight is 609 g/mol. The zero-order valence-corrected chi connectivity index (χ0v) is 26.4. The molecule has 5 bridgehead atoms.